The van der Waals surface area contributed by atoms with Gasteiger partial charge in [0, 0.05) is 30.6 Å². The smallest absolute Gasteiger partial charge is 0.226 e. The van der Waals surface area contributed by atoms with E-state index in [0.717, 1.165) is 41.2 Å². The van der Waals surface area contributed by atoms with Crippen molar-refractivity contribution in [3.05, 3.63) is 54.6 Å². The minimum Gasteiger partial charge on any atom is -0.340 e. The lowest BCUT2D eigenvalue weighted by molar-refractivity contribution is 0.441. The number of hydrogen-bond donors (Lipinski definition) is 1. The van der Waals surface area contributed by atoms with E-state index in [1.807, 2.05) is 18.2 Å². The summed E-state index contributed by atoms with van der Waals surface area (Å²) in [6.45, 7) is 2.10. The van der Waals surface area contributed by atoms with Gasteiger partial charge in [0.2, 0.25) is 5.95 Å². The van der Waals surface area contributed by atoms with E-state index < -0.39 is 0 Å². The standard InChI is InChI=1S/C20H22N4/c1-24(16-10-7-13-21-14-16)20-22-18-12-6-5-11-17(18)19(23-20)15-8-3-2-4-9-15/h2-6,8-9,11-12,16,21H,7,10,13-14H2,1H3. The van der Waals surface area contributed by atoms with Crippen LogP contribution in [0.3, 0.4) is 0 Å². The van der Waals surface area contributed by atoms with E-state index in [9.17, 15) is 0 Å². The van der Waals surface area contributed by atoms with Crippen molar-refractivity contribution >= 4 is 16.9 Å². The maximum Gasteiger partial charge on any atom is 0.226 e. The van der Waals surface area contributed by atoms with Gasteiger partial charge in [0.05, 0.1) is 11.2 Å². The van der Waals surface area contributed by atoms with Gasteiger partial charge in [0.1, 0.15) is 0 Å². The normalized spacial score (nSPS) is 17.8. The van der Waals surface area contributed by atoms with Gasteiger partial charge >= 0.3 is 0 Å². The van der Waals surface area contributed by atoms with Crippen LogP contribution in [0.25, 0.3) is 22.2 Å². The lowest BCUT2D eigenvalue weighted by atomic mass is 10.1. The van der Waals surface area contributed by atoms with E-state index in [2.05, 4.69) is 53.7 Å². The predicted molar refractivity (Wildman–Crippen MR) is 99.3 cm³/mol. The number of rotatable bonds is 3. The average molecular weight is 318 g/mol. The molecule has 1 N–H and O–H groups in total. The fourth-order valence-electron chi connectivity index (χ4n) is 3.37. The molecule has 1 atom stereocenters. The van der Waals surface area contributed by atoms with E-state index in [1.54, 1.807) is 0 Å². The van der Waals surface area contributed by atoms with Crippen LogP contribution in [0.4, 0.5) is 5.95 Å². The van der Waals surface area contributed by atoms with Crippen LogP contribution in [0.2, 0.25) is 0 Å². The van der Waals surface area contributed by atoms with E-state index in [1.165, 1.54) is 12.8 Å². The van der Waals surface area contributed by atoms with Gasteiger partial charge in [-0.15, -0.1) is 0 Å². The molecule has 0 radical (unpaired) electrons. The van der Waals surface area contributed by atoms with Crippen molar-refractivity contribution in [2.75, 3.05) is 25.0 Å². The number of benzene rings is 2. The molecule has 4 nitrogen and oxygen atoms in total. The molecule has 1 fully saturated rings. The Morgan fingerprint density at radius 1 is 1.00 bits per heavy atom. The minimum absolute atomic E-state index is 0.448. The Hall–Kier alpha value is -2.46. The predicted octanol–water partition coefficient (Wildman–Crippen LogP) is 3.49. The molecule has 0 bridgehead atoms. The number of aromatic nitrogens is 2. The summed E-state index contributed by atoms with van der Waals surface area (Å²) in [4.78, 5) is 12.0. The Balaban J connectivity index is 1.82. The Kier molecular flexibility index (Phi) is 4.13. The quantitative estimate of drug-likeness (QED) is 0.802. The van der Waals surface area contributed by atoms with Crippen molar-refractivity contribution in [3.63, 3.8) is 0 Å². The first-order valence-corrected chi connectivity index (χ1v) is 8.59. The first-order valence-electron chi connectivity index (χ1n) is 8.59. The average Bonchev–Trinajstić information content (AvgIpc) is 2.68. The Bertz CT molecular complexity index is 825. The fourth-order valence-corrected chi connectivity index (χ4v) is 3.37. The van der Waals surface area contributed by atoms with Crippen LogP contribution >= 0.6 is 0 Å². The van der Waals surface area contributed by atoms with Crippen LogP contribution < -0.4 is 10.2 Å². The number of nitrogens with one attached hydrogen (secondary N) is 1. The van der Waals surface area contributed by atoms with Crippen molar-refractivity contribution in [1.82, 2.24) is 15.3 Å². The second kappa shape index (κ2) is 6.57. The molecule has 0 amide bonds. The second-order valence-corrected chi connectivity index (χ2v) is 6.37. The summed E-state index contributed by atoms with van der Waals surface area (Å²) in [5, 5.41) is 4.57. The molecule has 4 rings (SSSR count). The van der Waals surface area contributed by atoms with Gasteiger partial charge in [-0.25, -0.2) is 9.97 Å². The monoisotopic (exact) mass is 318 g/mol. The lowest BCUT2D eigenvalue weighted by Gasteiger charge is -2.32. The van der Waals surface area contributed by atoms with E-state index in [0.29, 0.717) is 6.04 Å². The van der Waals surface area contributed by atoms with Gasteiger partial charge in [-0.2, -0.15) is 0 Å². The minimum atomic E-state index is 0.448. The Morgan fingerprint density at radius 2 is 1.79 bits per heavy atom. The van der Waals surface area contributed by atoms with Crippen molar-refractivity contribution in [3.8, 4) is 11.3 Å². The molecule has 0 saturated carbocycles. The van der Waals surface area contributed by atoms with Gasteiger partial charge in [-0.1, -0.05) is 48.5 Å². The number of fused-ring (bicyclic) bond motifs is 1. The summed E-state index contributed by atoms with van der Waals surface area (Å²) in [5.41, 5.74) is 3.14. The zero-order valence-electron chi connectivity index (χ0n) is 13.9. The number of para-hydroxylation sites is 1. The summed E-state index contributed by atoms with van der Waals surface area (Å²) in [6, 6.07) is 19.1. The van der Waals surface area contributed by atoms with Crippen molar-refractivity contribution in [1.29, 1.82) is 0 Å². The van der Waals surface area contributed by atoms with Crippen LogP contribution in [0.15, 0.2) is 54.6 Å². The van der Waals surface area contributed by atoms with E-state index >= 15 is 0 Å². The largest absolute Gasteiger partial charge is 0.340 e. The van der Waals surface area contributed by atoms with Crippen LogP contribution in [-0.4, -0.2) is 36.1 Å². The lowest BCUT2D eigenvalue weighted by Crippen LogP contribution is -2.44. The highest BCUT2D eigenvalue weighted by Gasteiger charge is 2.21. The molecule has 1 aliphatic heterocycles. The number of anilines is 1. The molecule has 0 spiro atoms. The number of nitrogens with zero attached hydrogens (tertiary/aromatic N) is 3. The van der Waals surface area contributed by atoms with Gasteiger partial charge in [0.25, 0.3) is 0 Å². The third-order valence-electron chi connectivity index (χ3n) is 4.77. The third-order valence-corrected chi connectivity index (χ3v) is 4.77. The number of hydrogen-bond acceptors (Lipinski definition) is 4. The van der Waals surface area contributed by atoms with Gasteiger partial charge in [0.15, 0.2) is 0 Å². The van der Waals surface area contributed by atoms with E-state index in [4.69, 9.17) is 9.97 Å². The summed E-state index contributed by atoms with van der Waals surface area (Å²) in [6.07, 6.45) is 2.38. The zero-order chi connectivity index (χ0) is 16.4. The van der Waals surface area contributed by atoms with Crippen molar-refractivity contribution < 1.29 is 0 Å². The SMILES string of the molecule is CN(c1nc(-c2ccccc2)c2ccccc2n1)C1CCCNC1. The first-order chi connectivity index (χ1) is 11.8. The molecule has 122 valence electrons. The number of piperidine rings is 1. The molecule has 2 aromatic carbocycles. The molecule has 1 aliphatic rings. The summed E-state index contributed by atoms with van der Waals surface area (Å²) < 4.78 is 0. The highest BCUT2D eigenvalue weighted by atomic mass is 15.3. The second-order valence-electron chi connectivity index (χ2n) is 6.37. The molecule has 1 aromatic heterocycles. The molecule has 1 unspecified atom stereocenters. The topological polar surface area (TPSA) is 41.1 Å². The fraction of sp³-hybridized carbons (Fsp3) is 0.300. The third kappa shape index (κ3) is 2.85. The van der Waals surface area contributed by atoms with E-state index in [-0.39, 0.29) is 0 Å². The Morgan fingerprint density at radius 3 is 2.58 bits per heavy atom. The molecule has 4 heteroatoms. The summed E-state index contributed by atoms with van der Waals surface area (Å²) in [7, 11) is 2.11. The summed E-state index contributed by atoms with van der Waals surface area (Å²) >= 11 is 0. The highest BCUT2D eigenvalue weighted by molar-refractivity contribution is 5.93. The van der Waals surface area contributed by atoms with Crippen LogP contribution in [-0.2, 0) is 0 Å². The summed E-state index contributed by atoms with van der Waals surface area (Å²) in [5.74, 6) is 0.807. The molecular formula is C20H22N4. The maximum absolute atomic E-state index is 4.93. The molecule has 24 heavy (non-hydrogen) atoms. The van der Waals surface area contributed by atoms with Gasteiger partial charge in [-0.05, 0) is 25.5 Å². The van der Waals surface area contributed by atoms with Crippen LogP contribution in [0.1, 0.15) is 12.8 Å². The molecule has 2 heterocycles. The molecule has 0 aliphatic carbocycles. The Labute approximate surface area is 142 Å². The zero-order valence-corrected chi connectivity index (χ0v) is 13.9. The van der Waals surface area contributed by atoms with Gasteiger partial charge in [-0.3, -0.25) is 0 Å². The molecule has 3 aromatic rings. The highest BCUT2D eigenvalue weighted by Crippen LogP contribution is 2.28. The van der Waals surface area contributed by atoms with Crippen LogP contribution in [0, 0.1) is 0 Å². The maximum atomic E-state index is 4.93. The van der Waals surface area contributed by atoms with Crippen molar-refractivity contribution in [2.45, 2.75) is 18.9 Å². The van der Waals surface area contributed by atoms with Crippen LogP contribution in [0.5, 0.6) is 0 Å². The molecule has 1 saturated heterocycles. The first kappa shape index (κ1) is 15.1. The van der Waals surface area contributed by atoms with Gasteiger partial charge < -0.3 is 10.2 Å². The van der Waals surface area contributed by atoms with Crippen molar-refractivity contribution in [2.24, 2.45) is 0 Å². The number of likely N-dealkylation sites (N-methyl/N-ethyl adjacent to an activating group) is 1. The molecular weight excluding hydrogens is 296 g/mol.